The Morgan fingerprint density at radius 2 is 1.50 bits per heavy atom. The van der Waals surface area contributed by atoms with E-state index in [1.165, 1.54) is 6.42 Å². The lowest BCUT2D eigenvalue weighted by Gasteiger charge is -2.42. The fourth-order valence-electron chi connectivity index (χ4n) is 2.50. The van der Waals surface area contributed by atoms with Crippen molar-refractivity contribution in [2.45, 2.75) is 68.5 Å². The predicted molar refractivity (Wildman–Crippen MR) is 103 cm³/mol. The number of rotatable bonds is 11. The quantitative estimate of drug-likeness (QED) is 0.134. The third kappa shape index (κ3) is 9.32. The third-order valence-electron chi connectivity index (χ3n) is 4.30. The van der Waals surface area contributed by atoms with Crippen molar-refractivity contribution in [3.8, 4) is 0 Å². The Morgan fingerprint density at radius 3 is 1.90 bits per heavy atom. The third-order valence-corrected chi connectivity index (χ3v) is 4.30. The summed E-state index contributed by atoms with van der Waals surface area (Å²) < 4.78 is 10.1. The molecule has 0 aromatic heterocycles. The number of nitrogens with one attached hydrogen (secondary N) is 1. The Balaban J connectivity index is 0.00000103. The van der Waals surface area contributed by atoms with Crippen LogP contribution in [0.2, 0.25) is 0 Å². The summed E-state index contributed by atoms with van der Waals surface area (Å²) in [6.07, 6.45) is -13.9. The molecule has 1 aliphatic rings. The molecule has 0 amide bonds. The van der Waals surface area contributed by atoms with Gasteiger partial charge >= 0.3 is 0 Å². The molecule has 0 aliphatic carbocycles. The summed E-state index contributed by atoms with van der Waals surface area (Å²) in [6.45, 7) is 0.772. The number of aliphatic hydroxyl groups is 9. The molecule has 0 radical (unpaired) electrons. The average Bonchev–Trinajstić information content (AvgIpc) is 2.74. The number of nitrogens with zero attached hydrogens (tertiary/aromatic N) is 1. The van der Waals surface area contributed by atoms with Gasteiger partial charge in [-0.25, -0.2) is 0 Å². The highest BCUT2D eigenvalue weighted by Crippen LogP contribution is 2.24. The van der Waals surface area contributed by atoms with Gasteiger partial charge in [0.2, 0.25) is 0 Å². The number of hydrogen-bond donors (Lipinski definition) is 10. The molecule has 30 heavy (non-hydrogen) atoms. The van der Waals surface area contributed by atoms with Crippen LogP contribution in [0.25, 0.3) is 0 Å². The van der Waals surface area contributed by atoms with Crippen LogP contribution in [0.15, 0.2) is 0 Å². The van der Waals surface area contributed by atoms with E-state index < -0.39 is 74.9 Å². The van der Waals surface area contributed by atoms with Gasteiger partial charge in [-0.2, -0.15) is 0 Å². The normalized spacial score (nSPS) is 30.9. The van der Waals surface area contributed by atoms with Gasteiger partial charge in [0.1, 0.15) is 48.8 Å². The Morgan fingerprint density at radius 1 is 0.933 bits per heavy atom. The van der Waals surface area contributed by atoms with Crippen molar-refractivity contribution in [1.82, 2.24) is 10.4 Å². The van der Waals surface area contributed by atoms with E-state index in [9.17, 15) is 30.6 Å². The summed E-state index contributed by atoms with van der Waals surface area (Å²) in [6, 6.07) is 0. The monoisotopic (exact) mass is 446 g/mol. The van der Waals surface area contributed by atoms with Gasteiger partial charge in [0, 0.05) is 20.6 Å². The zero-order valence-corrected chi connectivity index (χ0v) is 17.5. The van der Waals surface area contributed by atoms with Gasteiger partial charge in [-0.1, -0.05) is 6.92 Å². The van der Waals surface area contributed by atoms with Crippen molar-refractivity contribution >= 4 is 0 Å². The first-order chi connectivity index (χ1) is 14.0. The van der Waals surface area contributed by atoms with E-state index >= 15 is 0 Å². The summed E-state index contributed by atoms with van der Waals surface area (Å²) in [4.78, 5) is 0. The first kappa shape index (κ1) is 29.5. The molecule has 0 spiro atoms. The van der Waals surface area contributed by atoms with Gasteiger partial charge in [0.25, 0.3) is 0 Å². The van der Waals surface area contributed by atoms with Crippen molar-refractivity contribution in [3.63, 3.8) is 0 Å². The molecular weight excluding hydrogens is 408 g/mol. The maximum Gasteiger partial charge on any atom is 0.187 e. The zero-order valence-electron chi connectivity index (χ0n) is 17.5. The molecule has 182 valence electrons. The lowest BCUT2D eigenvalue weighted by Crippen LogP contribution is -2.61. The molecule has 0 aromatic rings. The largest absolute Gasteiger partial charge is 0.394 e. The predicted octanol–water partition coefficient (Wildman–Crippen LogP) is -5.30. The van der Waals surface area contributed by atoms with E-state index in [0.717, 1.165) is 6.54 Å². The van der Waals surface area contributed by atoms with Crippen LogP contribution in [0.4, 0.5) is 0 Å². The molecule has 1 saturated heterocycles. The lowest BCUT2D eigenvalue weighted by atomic mass is 9.98. The second kappa shape index (κ2) is 15.3. The molecule has 9 atom stereocenters. The van der Waals surface area contributed by atoms with Gasteiger partial charge in [0.05, 0.1) is 19.8 Å². The van der Waals surface area contributed by atoms with Crippen molar-refractivity contribution in [3.05, 3.63) is 0 Å². The minimum Gasteiger partial charge on any atom is -0.394 e. The first-order valence-corrected chi connectivity index (χ1v) is 9.68. The highest BCUT2D eigenvalue weighted by atomic mass is 16.7. The van der Waals surface area contributed by atoms with Gasteiger partial charge in [-0.3, -0.25) is 10.4 Å². The van der Waals surface area contributed by atoms with Crippen LogP contribution < -0.4 is 5.43 Å². The first-order valence-electron chi connectivity index (χ1n) is 9.68. The van der Waals surface area contributed by atoms with Crippen molar-refractivity contribution < 1.29 is 55.4 Å². The molecule has 0 saturated carbocycles. The topological polar surface area (TPSA) is 216 Å². The minimum atomic E-state index is -1.85. The second-order valence-corrected chi connectivity index (χ2v) is 7.09. The zero-order chi connectivity index (χ0) is 23.4. The maximum atomic E-state index is 9.83. The van der Waals surface area contributed by atoms with Crippen LogP contribution >= 0.6 is 0 Å². The van der Waals surface area contributed by atoms with Gasteiger partial charge < -0.3 is 55.4 Å². The van der Waals surface area contributed by atoms with E-state index in [-0.39, 0.29) is 0 Å². The Hall–Kier alpha value is -0.520. The molecule has 1 aliphatic heterocycles. The van der Waals surface area contributed by atoms with Gasteiger partial charge in [-0.05, 0) is 6.42 Å². The molecule has 1 fully saturated rings. The molecule has 1 rings (SSSR count). The number of aliphatic hydroxyl groups excluding tert-OH is 9. The summed E-state index contributed by atoms with van der Waals surface area (Å²) >= 11 is 0. The molecule has 13 heteroatoms. The second-order valence-electron chi connectivity index (χ2n) is 7.09. The Bertz CT molecular complexity index is 433. The number of ether oxygens (including phenoxy) is 2. The van der Waals surface area contributed by atoms with Crippen LogP contribution in [-0.2, 0) is 9.47 Å². The van der Waals surface area contributed by atoms with E-state index in [0.29, 0.717) is 0 Å². The Kier molecular flexibility index (Phi) is 15.0. The molecule has 13 nitrogen and oxygen atoms in total. The lowest BCUT2D eigenvalue weighted by molar-refractivity contribution is -0.327. The molecule has 0 bridgehead atoms. The molecular formula is C17H38N2O11. The smallest absolute Gasteiger partial charge is 0.187 e. The highest BCUT2D eigenvalue weighted by Gasteiger charge is 2.46. The van der Waals surface area contributed by atoms with Crippen LogP contribution in [0.3, 0.4) is 0 Å². The standard InChI is InChI=1S/C12H24O11.C5H14N2/c13-1-4(16)7(18)11(5(17)2-14)23-12-10(21)9(20)8(19)6(3-15)22-12;1-4-5-6-7(2)3/h4-21H,1-3H2;6H,4-5H2,1-3H3/t4-,5+,6+,7+,8+,9-,10+,11+,12+;/m0./s1. The maximum absolute atomic E-state index is 9.83. The van der Waals surface area contributed by atoms with Gasteiger partial charge in [0.15, 0.2) is 6.29 Å². The highest BCUT2D eigenvalue weighted by molar-refractivity contribution is 4.91. The van der Waals surface area contributed by atoms with Crippen LogP contribution in [-0.4, -0.2) is 147 Å². The minimum absolute atomic E-state index is 0.708. The number of hydrazine groups is 1. The number of hydrogen-bond acceptors (Lipinski definition) is 13. The van der Waals surface area contributed by atoms with Crippen molar-refractivity contribution in [2.24, 2.45) is 0 Å². The molecule has 1 heterocycles. The van der Waals surface area contributed by atoms with Crippen molar-refractivity contribution in [1.29, 1.82) is 0 Å². The molecule has 0 unspecified atom stereocenters. The van der Waals surface area contributed by atoms with E-state index in [4.69, 9.17) is 24.8 Å². The summed E-state index contributed by atoms with van der Waals surface area (Å²) in [5.74, 6) is 0. The van der Waals surface area contributed by atoms with Crippen molar-refractivity contribution in [2.75, 3.05) is 40.5 Å². The van der Waals surface area contributed by atoms with Gasteiger partial charge in [-0.15, -0.1) is 0 Å². The van der Waals surface area contributed by atoms with E-state index in [1.54, 1.807) is 0 Å². The summed E-state index contributed by atoms with van der Waals surface area (Å²) in [5, 5.41) is 86.8. The average molecular weight is 446 g/mol. The fraction of sp³-hybridized carbons (Fsp3) is 1.00. The molecule has 10 N–H and O–H groups in total. The van der Waals surface area contributed by atoms with E-state index in [2.05, 4.69) is 12.3 Å². The summed E-state index contributed by atoms with van der Waals surface area (Å²) in [5.41, 5.74) is 3.13. The van der Waals surface area contributed by atoms with E-state index in [1.807, 2.05) is 19.1 Å². The molecule has 0 aromatic carbocycles. The summed E-state index contributed by atoms with van der Waals surface area (Å²) in [7, 11) is 3.99. The SMILES string of the molecule is CCCNN(C)C.OC[C@@H](O)[C@@H](O[C@H]1O[C@H](CO)[C@@H](O)[C@H](O)[C@H]1O)[C@H](O)[C@@H](O)CO. The Labute approximate surface area is 175 Å². The van der Waals surface area contributed by atoms with Crippen LogP contribution in [0.1, 0.15) is 13.3 Å². The van der Waals surface area contributed by atoms with Crippen LogP contribution in [0, 0.1) is 0 Å². The van der Waals surface area contributed by atoms with Crippen LogP contribution in [0.5, 0.6) is 0 Å². The fourth-order valence-corrected chi connectivity index (χ4v) is 2.50.